The first-order valence-electron chi connectivity index (χ1n) is 4.80. The molecular formula is C11H13F3NO2+. The van der Waals surface area contributed by atoms with Gasteiger partial charge in [-0.2, -0.15) is 13.2 Å². The lowest BCUT2D eigenvalue weighted by molar-refractivity contribution is -0.138. The quantitative estimate of drug-likeness (QED) is 0.817. The molecular weight excluding hydrogens is 235 g/mol. The van der Waals surface area contributed by atoms with Crippen LogP contribution in [0.15, 0.2) is 18.2 Å². The van der Waals surface area contributed by atoms with Crippen LogP contribution in [0.25, 0.3) is 0 Å². The fourth-order valence-electron chi connectivity index (χ4n) is 1.37. The zero-order valence-electron chi connectivity index (χ0n) is 9.67. The number of alkyl halides is 3. The molecule has 6 heteroatoms. The smallest absolute Gasteiger partial charge is 0.417 e. The first kappa shape index (κ1) is 13.5. The van der Waals surface area contributed by atoms with Crippen molar-refractivity contribution in [2.75, 3.05) is 21.1 Å². The number of rotatable bonds is 2. The second-order valence-corrected chi connectivity index (χ2v) is 4.55. The van der Waals surface area contributed by atoms with Crippen molar-refractivity contribution >= 4 is 11.7 Å². The van der Waals surface area contributed by atoms with Crippen LogP contribution >= 0.6 is 0 Å². The molecule has 1 rings (SSSR count). The lowest BCUT2D eigenvalue weighted by Crippen LogP contribution is -2.35. The lowest BCUT2D eigenvalue weighted by Gasteiger charge is -2.24. The minimum absolute atomic E-state index is 0.184. The summed E-state index contributed by atoms with van der Waals surface area (Å²) in [6.45, 7) is 0. The van der Waals surface area contributed by atoms with Gasteiger partial charge in [0.25, 0.3) is 0 Å². The Kier molecular flexibility index (Phi) is 3.20. The maximum Gasteiger partial charge on any atom is 0.417 e. The summed E-state index contributed by atoms with van der Waals surface area (Å²) >= 11 is 0. The number of carbonyl (C=O) groups is 1. The van der Waals surface area contributed by atoms with E-state index in [0.717, 1.165) is 12.1 Å². The molecule has 0 unspecified atom stereocenters. The molecule has 0 aliphatic heterocycles. The number of halogens is 3. The first-order valence-corrected chi connectivity index (χ1v) is 4.80. The predicted molar refractivity (Wildman–Crippen MR) is 58.0 cm³/mol. The number of hydrogen-bond acceptors (Lipinski definition) is 1. The van der Waals surface area contributed by atoms with E-state index in [0.29, 0.717) is 5.69 Å². The van der Waals surface area contributed by atoms with Gasteiger partial charge in [0.2, 0.25) is 0 Å². The SMILES string of the molecule is C[N+](C)(C)c1ccc(C(=O)O)c(C(F)(F)F)c1. The number of hydrogen-bond donors (Lipinski definition) is 1. The zero-order valence-corrected chi connectivity index (χ0v) is 9.67. The van der Waals surface area contributed by atoms with Crippen LogP contribution in [0.2, 0.25) is 0 Å². The van der Waals surface area contributed by atoms with Crippen molar-refractivity contribution in [3.63, 3.8) is 0 Å². The number of benzene rings is 1. The van der Waals surface area contributed by atoms with Crippen molar-refractivity contribution in [2.45, 2.75) is 6.18 Å². The minimum atomic E-state index is -4.67. The Hall–Kier alpha value is -1.56. The monoisotopic (exact) mass is 248 g/mol. The molecule has 0 atom stereocenters. The molecule has 1 aromatic carbocycles. The topological polar surface area (TPSA) is 37.3 Å². The maximum atomic E-state index is 12.7. The number of aromatic carboxylic acids is 1. The third kappa shape index (κ3) is 2.97. The summed E-state index contributed by atoms with van der Waals surface area (Å²) in [5.74, 6) is -1.58. The molecule has 0 saturated carbocycles. The van der Waals surface area contributed by atoms with Crippen molar-refractivity contribution in [1.29, 1.82) is 0 Å². The summed E-state index contributed by atoms with van der Waals surface area (Å²) in [5.41, 5.74) is -1.45. The van der Waals surface area contributed by atoms with Gasteiger partial charge in [-0.1, -0.05) is 0 Å². The van der Waals surface area contributed by atoms with E-state index in [1.165, 1.54) is 6.07 Å². The number of carboxylic acid groups (broad SMARTS) is 1. The van der Waals surface area contributed by atoms with Gasteiger partial charge in [0.15, 0.2) is 0 Å². The van der Waals surface area contributed by atoms with E-state index in [1.807, 2.05) is 0 Å². The van der Waals surface area contributed by atoms with Crippen LogP contribution in [0.5, 0.6) is 0 Å². The molecule has 0 aliphatic carbocycles. The molecule has 0 heterocycles. The summed E-state index contributed by atoms with van der Waals surface area (Å²) in [6, 6.07) is 3.26. The molecule has 94 valence electrons. The Bertz CT molecular complexity index is 447. The van der Waals surface area contributed by atoms with Gasteiger partial charge in [-0.15, -0.1) is 0 Å². The zero-order chi connectivity index (χ0) is 13.4. The van der Waals surface area contributed by atoms with Crippen LogP contribution in [0.3, 0.4) is 0 Å². The lowest BCUT2D eigenvalue weighted by atomic mass is 10.1. The highest BCUT2D eigenvalue weighted by Gasteiger charge is 2.36. The second-order valence-electron chi connectivity index (χ2n) is 4.55. The molecule has 1 N–H and O–H groups in total. The van der Waals surface area contributed by atoms with Crippen LogP contribution in [0.4, 0.5) is 18.9 Å². The van der Waals surface area contributed by atoms with Gasteiger partial charge >= 0.3 is 12.1 Å². The normalized spacial score (nSPS) is 12.6. The van der Waals surface area contributed by atoms with Gasteiger partial charge in [-0.05, 0) is 12.1 Å². The molecule has 17 heavy (non-hydrogen) atoms. The van der Waals surface area contributed by atoms with E-state index >= 15 is 0 Å². The molecule has 0 amide bonds. The van der Waals surface area contributed by atoms with Crippen molar-refractivity contribution in [3.8, 4) is 0 Å². The average molecular weight is 248 g/mol. The highest BCUT2D eigenvalue weighted by Crippen LogP contribution is 2.35. The number of carboxylic acids is 1. The largest absolute Gasteiger partial charge is 0.478 e. The third-order valence-corrected chi connectivity index (χ3v) is 2.31. The third-order valence-electron chi connectivity index (χ3n) is 2.31. The van der Waals surface area contributed by atoms with Gasteiger partial charge < -0.3 is 5.11 Å². The Labute approximate surface area is 96.7 Å². The van der Waals surface area contributed by atoms with E-state index in [2.05, 4.69) is 0 Å². The van der Waals surface area contributed by atoms with E-state index in [9.17, 15) is 18.0 Å². The van der Waals surface area contributed by atoms with Gasteiger partial charge in [0, 0.05) is 6.07 Å². The summed E-state index contributed by atoms with van der Waals surface area (Å²) < 4.78 is 38.3. The molecule has 0 radical (unpaired) electrons. The number of nitrogens with zero attached hydrogens (tertiary/aromatic N) is 1. The van der Waals surface area contributed by atoms with Gasteiger partial charge in [0.05, 0.1) is 32.3 Å². The van der Waals surface area contributed by atoms with Crippen LogP contribution in [0, 0.1) is 0 Å². The Balaban J connectivity index is 3.46. The van der Waals surface area contributed by atoms with Crippen molar-refractivity contribution in [1.82, 2.24) is 4.48 Å². The Morgan fingerprint density at radius 3 is 2.12 bits per heavy atom. The minimum Gasteiger partial charge on any atom is -0.478 e. The number of quaternary nitrogens is 1. The van der Waals surface area contributed by atoms with Crippen molar-refractivity contribution < 1.29 is 23.1 Å². The van der Waals surface area contributed by atoms with E-state index in [-0.39, 0.29) is 4.48 Å². The standard InChI is InChI=1S/C11H12F3NO2/c1-15(2,3)7-4-5-8(10(16)17)9(6-7)11(12,13)14/h4-6H,1-3H3/p+1. The molecule has 0 spiro atoms. The van der Waals surface area contributed by atoms with Crippen LogP contribution in [-0.2, 0) is 6.18 Å². The summed E-state index contributed by atoms with van der Waals surface area (Å²) in [7, 11) is 5.11. The van der Waals surface area contributed by atoms with E-state index in [1.54, 1.807) is 21.1 Å². The highest BCUT2D eigenvalue weighted by atomic mass is 19.4. The van der Waals surface area contributed by atoms with Crippen molar-refractivity contribution in [2.24, 2.45) is 0 Å². The summed E-state index contributed by atoms with van der Waals surface area (Å²) in [5, 5.41) is 8.72. The van der Waals surface area contributed by atoms with Gasteiger partial charge in [-0.3, -0.25) is 4.48 Å². The second kappa shape index (κ2) is 4.03. The highest BCUT2D eigenvalue weighted by molar-refractivity contribution is 5.90. The van der Waals surface area contributed by atoms with Crippen molar-refractivity contribution in [3.05, 3.63) is 29.3 Å². The van der Waals surface area contributed by atoms with E-state index < -0.39 is 23.3 Å². The molecule has 0 bridgehead atoms. The Morgan fingerprint density at radius 1 is 1.24 bits per heavy atom. The van der Waals surface area contributed by atoms with Crippen LogP contribution in [0.1, 0.15) is 15.9 Å². The molecule has 3 nitrogen and oxygen atoms in total. The Morgan fingerprint density at radius 2 is 1.76 bits per heavy atom. The van der Waals surface area contributed by atoms with Crippen LogP contribution < -0.4 is 4.48 Å². The van der Waals surface area contributed by atoms with E-state index in [4.69, 9.17) is 5.11 Å². The van der Waals surface area contributed by atoms with Crippen LogP contribution in [-0.4, -0.2) is 32.2 Å². The summed E-state index contributed by atoms with van der Waals surface area (Å²) in [6.07, 6.45) is -4.67. The maximum absolute atomic E-state index is 12.7. The first-order chi connectivity index (χ1) is 7.53. The average Bonchev–Trinajstić information content (AvgIpc) is 2.14. The molecule has 0 saturated heterocycles. The molecule has 0 fully saturated rings. The fraction of sp³-hybridized carbons (Fsp3) is 0.364. The van der Waals surface area contributed by atoms with Gasteiger partial charge in [0.1, 0.15) is 5.69 Å². The predicted octanol–water partition coefficient (Wildman–Crippen LogP) is 2.60. The molecule has 1 aromatic rings. The molecule has 0 aliphatic rings. The fourth-order valence-corrected chi connectivity index (χ4v) is 1.37. The summed E-state index contributed by atoms with van der Waals surface area (Å²) in [4.78, 5) is 10.7. The molecule has 0 aromatic heterocycles. The van der Waals surface area contributed by atoms with Gasteiger partial charge in [-0.25, -0.2) is 4.79 Å².